The molecule has 0 bridgehead atoms. The first-order valence-corrected chi connectivity index (χ1v) is 4.01. The molecule has 1 nitrogen and oxygen atoms in total. The molecule has 0 atom stereocenters. The molecule has 0 spiro atoms. The lowest BCUT2D eigenvalue weighted by atomic mass is 10.1. The molecule has 1 rings (SSSR count). The molecule has 0 amide bonds. The van der Waals surface area contributed by atoms with E-state index >= 15 is 0 Å². The molecule has 0 aromatic rings. The van der Waals surface area contributed by atoms with E-state index in [1.807, 2.05) is 26.1 Å². The van der Waals surface area contributed by atoms with Crippen LogP contribution in [0.15, 0.2) is 23.9 Å². The van der Waals surface area contributed by atoms with E-state index in [2.05, 4.69) is 18.3 Å². The standard InChI is InChI=1S/C7H11N.C2H6/c1-2-7-4-3-5-8-6-7;1-2/h3-5,8H,2,6H2,1H3;1-2H3. The summed E-state index contributed by atoms with van der Waals surface area (Å²) in [6, 6.07) is 0. The Kier molecular flexibility index (Phi) is 5.94. The van der Waals surface area contributed by atoms with Crippen molar-refractivity contribution in [2.24, 2.45) is 0 Å². The third-order valence-corrected chi connectivity index (χ3v) is 1.33. The van der Waals surface area contributed by atoms with Gasteiger partial charge in [0, 0.05) is 6.54 Å². The lowest BCUT2D eigenvalue weighted by Crippen LogP contribution is -2.11. The van der Waals surface area contributed by atoms with Gasteiger partial charge in [0.05, 0.1) is 0 Å². The van der Waals surface area contributed by atoms with Gasteiger partial charge in [0.15, 0.2) is 0 Å². The predicted octanol–water partition coefficient (Wildman–Crippen LogP) is 2.47. The first-order chi connectivity index (χ1) is 4.93. The van der Waals surface area contributed by atoms with Crippen molar-refractivity contribution in [1.29, 1.82) is 0 Å². The highest BCUT2D eigenvalue weighted by molar-refractivity contribution is 5.17. The summed E-state index contributed by atoms with van der Waals surface area (Å²) in [7, 11) is 0. The van der Waals surface area contributed by atoms with Gasteiger partial charge in [-0.15, -0.1) is 0 Å². The van der Waals surface area contributed by atoms with Gasteiger partial charge < -0.3 is 5.32 Å². The van der Waals surface area contributed by atoms with Gasteiger partial charge in [0.2, 0.25) is 0 Å². The highest BCUT2D eigenvalue weighted by atomic mass is 14.8. The third-order valence-electron chi connectivity index (χ3n) is 1.33. The van der Waals surface area contributed by atoms with Crippen LogP contribution in [0, 0.1) is 0 Å². The van der Waals surface area contributed by atoms with E-state index < -0.39 is 0 Å². The second kappa shape index (κ2) is 6.40. The second-order valence-electron chi connectivity index (χ2n) is 1.92. The Balaban J connectivity index is 0.000000371. The van der Waals surface area contributed by atoms with E-state index in [0.29, 0.717) is 0 Å². The van der Waals surface area contributed by atoms with Crippen LogP contribution in [-0.4, -0.2) is 6.54 Å². The topological polar surface area (TPSA) is 12.0 Å². The van der Waals surface area contributed by atoms with Crippen molar-refractivity contribution < 1.29 is 0 Å². The fourth-order valence-electron chi connectivity index (χ4n) is 0.744. The highest BCUT2D eigenvalue weighted by Crippen LogP contribution is 2.01. The summed E-state index contributed by atoms with van der Waals surface area (Å²) in [5.41, 5.74) is 1.48. The van der Waals surface area contributed by atoms with Crippen LogP contribution in [0.1, 0.15) is 27.2 Å². The Morgan fingerprint density at radius 3 is 2.50 bits per heavy atom. The molecule has 0 saturated heterocycles. The molecule has 0 aliphatic carbocycles. The van der Waals surface area contributed by atoms with Gasteiger partial charge in [0.25, 0.3) is 0 Å². The largest absolute Gasteiger partial charge is 0.387 e. The van der Waals surface area contributed by atoms with E-state index in [-0.39, 0.29) is 0 Å². The molecule has 0 radical (unpaired) electrons. The Morgan fingerprint density at radius 2 is 2.20 bits per heavy atom. The van der Waals surface area contributed by atoms with Crippen LogP contribution in [0.25, 0.3) is 0 Å². The monoisotopic (exact) mass is 139 g/mol. The molecule has 1 aliphatic rings. The number of dihydropyridines is 1. The smallest absolute Gasteiger partial charge is 0.0357 e. The van der Waals surface area contributed by atoms with Crippen molar-refractivity contribution in [1.82, 2.24) is 5.32 Å². The van der Waals surface area contributed by atoms with Crippen LogP contribution in [0.2, 0.25) is 0 Å². The number of hydrogen-bond acceptors (Lipinski definition) is 1. The number of allylic oxidation sites excluding steroid dienone is 2. The van der Waals surface area contributed by atoms with Crippen LogP contribution in [0.4, 0.5) is 0 Å². The van der Waals surface area contributed by atoms with E-state index in [9.17, 15) is 0 Å². The van der Waals surface area contributed by atoms with Crippen molar-refractivity contribution >= 4 is 0 Å². The SMILES string of the molecule is CC.CCC1=CC=CNC1. The Bertz CT molecular complexity index is 123. The summed E-state index contributed by atoms with van der Waals surface area (Å²) in [6.07, 6.45) is 7.34. The van der Waals surface area contributed by atoms with Crippen molar-refractivity contribution in [3.8, 4) is 0 Å². The van der Waals surface area contributed by atoms with Crippen molar-refractivity contribution in [3.63, 3.8) is 0 Å². The summed E-state index contributed by atoms with van der Waals surface area (Å²) in [6.45, 7) is 7.21. The van der Waals surface area contributed by atoms with Gasteiger partial charge in [-0.3, -0.25) is 0 Å². The number of nitrogens with one attached hydrogen (secondary N) is 1. The van der Waals surface area contributed by atoms with E-state index in [0.717, 1.165) is 13.0 Å². The zero-order valence-corrected chi connectivity index (χ0v) is 7.15. The molecule has 0 aromatic heterocycles. The predicted molar refractivity (Wildman–Crippen MR) is 46.9 cm³/mol. The third kappa shape index (κ3) is 3.33. The quantitative estimate of drug-likeness (QED) is 0.588. The van der Waals surface area contributed by atoms with Crippen LogP contribution >= 0.6 is 0 Å². The average molecular weight is 139 g/mol. The van der Waals surface area contributed by atoms with Crippen molar-refractivity contribution in [3.05, 3.63) is 23.9 Å². The van der Waals surface area contributed by atoms with Crippen molar-refractivity contribution in [2.75, 3.05) is 6.54 Å². The molecule has 1 aliphatic heterocycles. The van der Waals surface area contributed by atoms with E-state index in [1.54, 1.807) is 0 Å². The van der Waals surface area contributed by atoms with Crippen LogP contribution in [-0.2, 0) is 0 Å². The average Bonchev–Trinajstić information content (AvgIpc) is 2.10. The summed E-state index contributed by atoms with van der Waals surface area (Å²) in [4.78, 5) is 0. The van der Waals surface area contributed by atoms with Crippen LogP contribution in [0.5, 0.6) is 0 Å². The lowest BCUT2D eigenvalue weighted by Gasteiger charge is -2.06. The molecule has 0 unspecified atom stereocenters. The maximum Gasteiger partial charge on any atom is 0.0357 e. The molecule has 1 N–H and O–H groups in total. The molecule has 1 heterocycles. The molecule has 58 valence electrons. The van der Waals surface area contributed by atoms with Crippen molar-refractivity contribution in [2.45, 2.75) is 27.2 Å². The van der Waals surface area contributed by atoms with Gasteiger partial charge >= 0.3 is 0 Å². The van der Waals surface area contributed by atoms with Crippen LogP contribution < -0.4 is 5.32 Å². The van der Waals surface area contributed by atoms with Gasteiger partial charge in [-0.05, 0) is 18.7 Å². The Hall–Kier alpha value is -0.720. The zero-order chi connectivity index (χ0) is 7.82. The maximum absolute atomic E-state index is 3.14. The molecule has 1 heteroatoms. The van der Waals surface area contributed by atoms with Gasteiger partial charge in [-0.25, -0.2) is 0 Å². The molecular formula is C9H17N. The minimum Gasteiger partial charge on any atom is -0.387 e. The molecule has 0 saturated carbocycles. The van der Waals surface area contributed by atoms with Gasteiger partial charge in [-0.1, -0.05) is 32.4 Å². The fraction of sp³-hybridized carbons (Fsp3) is 0.556. The lowest BCUT2D eigenvalue weighted by molar-refractivity contribution is 0.873. The van der Waals surface area contributed by atoms with Gasteiger partial charge in [0.1, 0.15) is 0 Å². The Morgan fingerprint density at radius 1 is 1.50 bits per heavy atom. The second-order valence-corrected chi connectivity index (χ2v) is 1.92. The minimum absolute atomic E-state index is 1.03. The maximum atomic E-state index is 3.14. The minimum atomic E-state index is 1.03. The summed E-state index contributed by atoms with van der Waals surface area (Å²) >= 11 is 0. The zero-order valence-electron chi connectivity index (χ0n) is 7.15. The highest BCUT2D eigenvalue weighted by Gasteiger charge is 1.91. The van der Waals surface area contributed by atoms with Crippen LogP contribution in [0.3, 0.4) is 0 Å². The Labute approximate surface area is 63.8 Å². The first-order valence-electron chi connectivity index (χ1n) is 4.01. The summed E-state index contributed by atoms with van der Waals surface area (Å²) in [5, 5.41) is 3.14. The number of hydrogen-bond donors (Lipinski definition) is 1. The first kappa shape index (κ1) is 9.28. The normalized spacial score (nSPS) is 14.5. The fourth-order valence-corrected chi connectivity index (χ4v) is 0.744. The summed E-state index contributed by atoms with van der Waals surface area (Å²) in [5.74, 6) is 0. The van der Waals surface area contributed by atoms with E-state index in [1.165, 1.54) is 5.57 Å². The van der Waals surface area contributed by atoms with Gasteiger partial charge in [-0.2, -0.15) is 0 Å². The molecule has 10 heavy (non-hydrogen) atoms. The molecule has 0 fully saturated rings. The number of rotatable bonds is 1. The molecular weight excluding hydrogens is 122 g/mol. The summed E-state index contributed by atoms with van der Waals surface area (Å²) < 4.78 is 0. The molecule has 0 aromatic carbocycles. The van der Waals surface area contributed by atoms with E-state index in [4.69, 9.17) is 0 Å².